The predicted octanol–water partition coefficient (Wildman–Crippen LogP) is 4.01. The van der Waals surface area contributed by atoms with E-state index in [0.29, 0.717) is 5.95 Å². The molecule has 4 aromatic rings. The van der Waals surface area contributed by atoms with E-state index >= 15 is 0 Å². The van der Waals surface area contributed by atoms with Crippen LogP contribution in [0.3, 0.4) is 0 Å². The topological polar surface area (TPSA) is 46.8 Å². The molecule has 5 nitrogen and oxygen atoms in total. The first-order chi connectivity index (χ1) is 12.2. The fourth-order valence-electron chi connectivity index (χ4n) is 2.91. The van der Waals surface area contributed by atoms with Gasteiger partial charge in [0.05, 0.1) is 17.1 Å². The monoisotopic (exact) mass is 329 g/mol. The number of aromatic nitrogens is 4. The van der Waals surface area contributed by atoms with Crippen LogP contribution in [0.25, 0.3) is 16.9 Å². The van der Waals surface area contributed by atoms with Crippen LogP contribution in [0.5, 0.6) is 0 Å². The molecule has 1 unspecified atom stereocenters. The fourth-order valence-corrected chi connectivity index (χ4v) is 2.91. The second kappa shape index (κ2) is 6.36. The van der Waals surface area contributed by atoms with Gasteiger partial charge >= 0.3 is 0 Å². The smallest absolute Gasteiger partial charge is 0.227 e. The van der Waals surface area contributed by atoms with E-state index in [1.807, 2.05) is 48.0 Å². The van der Waals surface area contributed by atoms with Crippen molar-refractivity contribution in [1.82, 2.24) is 19.5 Å². The van der Waals surface area contributed by atoms with Gasteiger partial charge in [0.15, 0.2) is 0 Å². The summed E-state index contributed by atoms with van der Waals surface area (Å²) in [4.78, 5) is 15.7. The van der Waals surface area contributed by atoms with Gasteiger partial charge in [0.2, 0.25) is 5.95 Å². The second-order valence-electron chi connectivity index (χ2n) is 6.02. The first-order valence-electron chi connectivity index (χ1n) is 8.27. The minimum absolute atomic E-state index is 0.177. The molecule has 2 heterocycles. The van der Waals surface area contributed by atoms with Gasteiger partial charge < -0.3 is 4.90 Å². The summed E-state index contributed by atoms with van der Waals surface area (Å²) in [5, 5.41) is 0. The number of hydrogen-bond acceptors (Lipinski definition) is 4. The van der Waals surface area contributed by atoms with E-state index in [1.54, 1.807) is 12.5 Å². The van der Waals surface area contributed by atoms with Crippen LogP contribution in [0, 0.1) is 0 Å². The molecule has 0 amide bonds. The van der Waals surface area contributed by atoms with Crippen molar-refractivity contribution < 1.29 is 0 Å². The summed E-state index contributed by atoms with van der Waals surface area (Å²) in [5.74, 6) is 1.50. The van der Waals surface area contributed by atoms with Crippen molar-refractivity contribution in [3.63, 3.8) is 0 Å². The maximum absolute atomic E-state index is 4.75. The van der Waals surface area contributed by atoms with Gasteiger partial charge in [-0.25, -0.2) is 9.97 Å². The Morgan fingerprint density at radius 2 is 1.68 bits per heavy atom. The van der Waals surface area contributed by atoms with E-state index in [0.717, 1.165) is 16.9 Å². The Morgan fingerprint density at radius 1 is 0.920 bits per heavy atom. The molecule has 0 bridgehead atoms. The molecular formula is C20H19N5. The standard InChI is InChI=1S/C20H19N5/c1-15(16-8-4-3-5-9-16)24(2)20-21-13-12-19(23-20)25-14-22-17-10-6-7-11-18(17)25/h3-15H,1-2H3. The third kappa shape index (κ3) is 2.85. The molecule has 0 aliphatic rings. The molecule has 0 N–H and O–H groups in total. The molecule has 124 valence electrons. The molecule has 0 aliphatic carbocycles. The zero-order valence-corrected chi connectivity index (χ0v) is 14.2. The van der Waals surface area contributed by atoms with Crippen LogP contribution in [0.4, 0.5) is 5.95 Å². The van der Waals surface area contributed by atoms with E-state index in [2.05, 4.69) is 46.1 Å². The van der Waals surface area contributed by atoms with Crippen molar-refractivity contribution in [2.24, 2.45) is 0 Å². The lowest BCUT2D eigenvalue weighted by Crippen LogP contribution is -2.24. The summed E-state index contributed by atoms with van der Waals surface area (Å²) < 4.78 is 1.99. The van der Waals surface area contributed by atoms with Crippen molar-refractivity contribution in [2.75, 3.05) is 11.9 Å². The Labute approximate surface area is 146 Å². The lowest BCUT2D eigenvalue weighted by molar-refractivity contribution is 0.713. The molecule has 1 atom stereocenters. The highest BCUT2D eigenvalue weighted by Crippen LogP contribution is 2.23. The minimum atomic E-state index is 0.177. The van der Waals surface area contributed by atoms with Gasteiger partial charge in [-0.1, -0.05) is 42.5 Å². The second-order valence-corrected chi connectivity index (χ2v) is 6.02. The lowest BCUT2D eigenvalue weighted by Gasteiger charge is -2.25. The zero-order valence-electron chi connectivity index (χ0n) is 14.2. The van der Waals surface area contributed by atoms with Crippen LogP contribution in [-0.2, 0) is 0 Å². The van der Waals surface area contributed by atoms with Crippen molar-refractivity contribution in [2.45, 2.75) is 13.0 Å². The SMILES string of the molecule is CC(c1ccccc1)N(C)c1nccc(-n2cnc3ccccc32)n1. The minimum Gasteiger partial charge on any atom is -0.337 e. The molecule has 5 heteroatoms. The van der Waals surface area contributed by atoms with Gasteiger partial charge in [0.25, 0.3) is 0 Å². The molecule has 0 aliphatic heterocycles. The quantitative estimate of drug-likeness (QED) is 0.567. The molecule has 0 fully saturated rings. The predicted molar refractivity (Wildman–Crippen MR) is 99.9 cm³/mol. The highest BCUT2D eigenvalue weighted by molar-refractivity contribution is 5.76. The molecular weight excluding hydrogens is 310 g/mol. The Hall–Kier alpha value is -3.21. The summed E-state index contributed by atoms with van der Waals surface area (Å²) in [7, 11) is 2.02. The number of rotatable bonds is 4. The summed E-state index contributed by atoms with van der Waals surface area (Å²) in [6.07, 6.45) is 3.60. The highest BCUT2D eigenvalue weighted by atomic mass is 15.3. The summed E-state index contributed by atoms with van der Waals surface area (Å²) in [6, 6.07) is 20.5. The van der Waals surface area contributed by atoms with Gasteiger partial charge in [-0.2, -0.15) is 4.98 Å². The van der Waals surface area contributed by atoms with Gasteiger partial charge in [-0.15, -0.1) is 0 Å². The summed E-state index contributed by atoms with van der Waals surface area (Å²) in [6.45, 7) is 2.15. The van der Waals surface area contributed by atoms with Crippen molar-refractivity contribution in [3.05, 3.63) is 78.8 Å². The summed E-state index contributed by atoms with van der Waals surface area (Å²) >= 11 is 0. The van der Waals surface area contributed by atoms with Gasteiger partial charge in [-0.05, 0) is 30.7 Å². The third-order valence-electron chi connectivity index (χ3n) is 4.51. The molecule has 25 heavy (non-hydrogen) atoms. The fraction of sp³-hybridized carbons (Fsp3) is 0.150. The number of anilines is 1. The van der Waals surface area contributed by atoms with E-state index in [1.165, 1.54) is 5.56 Å². The maximum Gasteiger partial charge on any atom is 0.227 e. The van der Waals surface area contributed by atoms with E-state index < -0.39 is 0 Å². The molecule has 2 aromatic carbocycles. The molecule has 0 radical (unpaired) electrons. The van der Waals surface area contributed by atoms with E-state index in [4.69, 9.17) is 4.98 Å². The maximum atomic E-state index is 4.75. The normalized spacial score (nSPS) is 12.2. The largest absolute Gasteiger partial charge is 0.337 e. The van der Waals surface area contributed by atoms with Gasteiger partial charge in [0.1, 0.15) is 12.1 Å². The molecule has 2 aromatic heterocycles. The number of imidazole rings is 1. The number of nitrogens with zero attached hydrogens (tertiary/aromatic N) is 5. The summed E-state index contributed by atoms with van der Waals surface area (Å²) in [5.41, 5.74) is 3.21. The number of fused-ring (bicyclic) bond motifs is 1. The average Bonchev–Trinajstić information content (AvgIpc) is 3.12. The Morgan fingerprint density at radius 3 is 2.52 bits per heavy atom. The van der Waals surface area contributed by atoms with Gasteiger partial charge in [0, 0.05) is 13.2 Å². The molecule has 0 saturated carbocycles. The van der Waals surface area contributed by atoms with Crippen LogP contribution >= 0.6 is 0 Å². The number of hydrogen-bond donors (Lipinski definition) is 0. The third-order valence-corrected chi connectivity index (χ3v) is 4.51. The Kier molecular flexibility index (Phi) is 3.90. The van der Waals surface area contributed by atoms with Crippen LogP contribution in [0.1, 0.15) is 18.5 Å². The number of para-hydroxylation sites is 2. The van der Waals surface area contributed by atoms with Gasteiger partial charge in [-0.3, -0.25) is 4.57 Å². The van der Waals surface area contributed by atoms with Crippen LogP contribution in [0.2, 0.25) is 0 Å². The van der Waals surface area contributed by atoms with Crippen molar-refractivity contribution in [3.8, 4) is 5.82 Å². The van der Waals surface area contributed by atoms with Crippen molar-refractivity contribution in [1.29, 1.82) is 0 Å². The molecule has 0 saturated heterocycles. The van der Waals surface area contributed by atoms with Crippen molar-refractivity contribution >= 4 is 17.0 Å². The Bertz CT molecular complexity index is 993. The lowest BCUT2D eigenvalue weighted by atomic mass is 10.1. The number of benzene rings is 2. The van der Waals surface area contributed by atoms with Crippen LogP contribution < -0.4 is 4.90 Å². The first kappa shape index (κ1) is 15.3. The Balaban J connectivity index is 1.70. The highest BCUT2D eigenvalue weighted by Gasteiger charge is 2.15. The van der Waals surface area contributed by atoms with Crippen LogP contribution in [-0.4, -0.2) is 26.6 Å². The van der Waals surface area contributed by atoms with E-state index in [9.17, 15) is 0 Å². The van der Waals surface area contributed by atoms with Crippen LogP contribution in [0.15, 0.2) is 73.2 Å². The van der Waals surface area contributed by atoms with E-state index in [-0.39, 0.29) is 6.04 Å². The first-order valence-corrected chi connectivity index (χ1v) is 8.27. The zero-order chi connectivity index (χ0) is 17.2. The molecule has 4 rings (SSSR count). The average molecular weight is 329 g/mol. The molecule has 0 spiro atoms.